The van der Waals surface area contributed by atoms with Crippen molar-refractivity contribution in [2.75, 3.05) is 7.05 Å². The van der Waals surface area contributed by atoms with E-state index in [1.54, 1.807) is 16.8 Å². The zero-order valence-corrected chi connectivity index (χ0v) is 17.3. The molecule has 0 saturated carbocycles. The summed E-state index contributed by atoms with van der Waals surface area (Å²) >= 11 is 0. The van der Waals surface area contributed by atoms with Crippen LogP contribution >= 0.6 is 0 Å². The molecule has 8 heteroatoms. The minimum Gasteiger partial charge on any atom is -0.288 e. The van der Waals surface area contributed by atoms with Crippen molar-refractivity contribution in [2.24, 2.45) is 0 Å². The first-order valence-electron chi connectivity index (χ1n) is 9.87. The number of para-hydroxylation sites is 1. The molecule has 0 bridgehead atoms. The average Bonchev–Trinajstić information content (AvgIpc) is 3.24. The SMILES string of the molecule is Cc1ccccc1-n1nnnc1[C@@H](c1ccccc1)N(C)Cc1ccc([N+](=O)[O-])cc1. The molecule has 4 aromatic rings. The highest BCUT2D eigenvalue weighted by molar-refractivity contribution is 5.41. The third-order valence-corrected chi connectivity index (χ3v) is 5.22. The van der Waals surface area contributed by atoms with Crippen LogP contribution in [0.25, 0.3) is 5.69 Å². The maximum Gasteiger partial charge on any atom is 0.269 e. The van der Waals surface area contributed by atoms with Crippen molar-refractivity contribution in [3.63, 3.8) is 0 Å². The first-order valence-corrected chi connectivity index (χ1v) is 9.87. The highest BCUT2D eigenvalue weighted by Gasteiger charge is 2.26. The number of aromatic nitrogens is 4. The lowest BCUT2D eigenvalue weighted by atomic mass is 10.0. The molecular weight excluding hydrogens is 392 g/mol. The molecule has 0 radical (unpaired) electrons. The summed E-state index contributed by atoms with van der Waals surface area (Å²) < 4.78 is 1.78. The number of aryl methyl sites for hydroxylation is 1. The van der Waals surface area contributed by atoms with Crippen molar-refractivity contribution < 1.29 is 4.92 Å². The van der Waals surface area contributed by atoms with Crippen LogP contribution in [0.1, 0.15) is 28.6 Å². The van der Waals surface area contributed by atoms with E-state index in [1.807, 2.05) is 68.6 Å². The second kappa shape index (κ2) is 8.85. The normalized spacial score (nSPS) is 12.1. The van der Waals surface area contributed by atoms with Crippen LogP contribution in [0.15, 0.2) is 78.9 Å². The zero-order valence-electron chi connectivity index (χ0n) is 17.3. The Morgan fingerprint density at radius 1 is 1.00 bits per heavy atom. The molecule has 1 heterocycles. The van der Waals surface area contributed by atoms with E-state index in [-0.39, 0.29) is 11.7 Å². The van der Waals surface area contributed by atoms with Crippen LogP contribution in [0.3, 0.4) is 0 Å². The molecule has 0 N–H and O–H groups in total. The second-order valence-corrected chi connectivity index (χ2v) is 7.39. The Kier molecular flexibility index (Phi) is 5.81. The third kappa shape index (κ3) is 4.34. The number of nitro groups is 1. The molecule has 156 valence electrons. The number of tetrazole rings is 1. The van der Waals surface area contributed by atoms with E-state index in [2.05, 4.69) is 20.4 Å². The Morgan fingerprint density at radius 2 is 1.68 bits per heavy atom. The molecule has 0 aliphatic heterocycles. The van der Waals surface area contributed by atoms with Crippen molar-refractivity contribution in [3.8, 4) is 5.69 Å². The minimum atomic E-state index is -0.392. The van der Waals surface area contributed by atoms with Gasteiger partial charge in [-0.25, -0.2) is 0 Å². The van der Waals surface area contributed by atoms with Crippen molar-refractivity contribution in [1.82, 2.24) is 25.1 Å². The maximum absolute atomic E-state index is 11.0. The summed E-state index contributed by atoms with van der Waals surface area (Å²) in [6.07, 6.45) is 0. The van der Waals surface area contributed by atoms with Gasteiger partial charge in [-0.2, -0.15) is 4.68 Å². The monoisotopic (exact) mass is 414 g/mol. The van der Waals surface area contributed by atoms with Gasteiger partial charge in [-0.05, 0) is 47.2 Å². The van der Waals surface area contributed by atoms with Crippen LogP contribution in [0.5, 0.6) is 0 Å². The molecule has 0 saturated heterocycles. The van der Waals surface area contributed by atoms with Crippen molar-refractivity contribution in [1.29, 1.82) is 0 Å². The molecular formula is C23H22N6O2. The number of hydrogen-bond donors (Lipinski definition) is 0. The van der Waals surface area contributed by atoms with Crippen LogP contribution in [0.4, 0.5) is 5.69 Å². The molecule has 0 fully saturated rings. The Morgan fingerprint density at radius 3 is 2.35 bits per heavy atom. The van der Waals surface area contributed by atoms with E-state index in [4.69, 9.17) is 0 Å². The zero-order chi connectivity index (χ0) is 21.8. The van der Waals surface area contributed by atoms with Gasteiger partial charge >= 0.3 is 0 Å². The van der Waals surface area contributed by atoms with Gasteiger partial charge in [-0.15, -0.1) is 5.10 Å². The molecule has 0 spiro atoms. The van der Waals surface area contributed by atoms with Crippen LogP contribution in [-0.2, 0) is 6.54 Å². The summed E-state index contributed by atoms with van der Waals surface area (Å²) in [5, 5.41) is 23.6. The van der Waals surface area contributed by atoms with Crippen molar-refractivity contribution >= 4 is 5.69 Å². The quantitative estimate of drug-likeness (QED) is 0.334. The molecule has 0 unspecified atom stereocenters. The van der Waals surface area contributed by atoms with Crippen LogP contribution in [0, 0.1) is 17.0 Å². The van der Waals surface area contributed by atoms with E-state index in [0.29, 0.717) is 12.4 Å². The lowest BCUT2D eigenvalue weighted by Gasteiger charge is -2.28. The van der Waals surface area contributed by atoms with E-state index in [9.17, 15) is 10.1 Å². The number of benzene rings is 3. The summed E-state index contributed by atoms with van der Waals surface area (Å²) in [6, 6.07) is 24.4. The van der Waals surface area contributed by atoms with E-state index < -0.39 is 4.92 Å². The van der Waals surface area contributed by atoms with Gasteiger partial charge in [-0.3, -0.25) is 15.0 Å². The number of non-ortho nitro benzene ring substituents is 1. The summed E-state index contributed by atoms with van der Waals surface area (Å²) in [7, 11) is 2.00. The van der Waals surface area contributed by atoms with Crippen LogP contribution in [0.2, 0.25) is 0 Å². The van der Waals surface area contributed by atoms with Gasteiger partial charge in [0.2, 0.25) is 0 Å². The van der Waals surface area contributed by atoms with E-state index in [0.717, 1.165) is 22.4 Å². The fraction of sp³-hybridized carbons (Fsp3) is 0.174. The largest absolute Gasteiger partial charge is 0.288 e. The predicted molar refractivity (Wildman–Crippen MR) is 117 cm³/mol. The van der Waals surface area contributed by atoms with Gasteiger partial charge in [0.15, 0.2) is 5.82 Å². The molecule has 31 heavy (non-hydrogen) atoms. The topological polar surface area (TPSA) is 90.0 Å². The Balaban J connectivity index is 1.72. The fourth-order valence-electron chi connectivity index (χ4n) is 3.68. The average molecular weight is 414 g/mol. The molecule has 1 aromatic heterocycles. The second-order valence-electron chi connectivity index (χ2n) is 7.39. The summed E-state index contributed by atoms with van der Waals surface area (Å²) in [5.74, 6) is 0.699. The minimum absolute atomic E-state index is 0.0782. The molecule has 4 rings (SSSR count). The summed E-state index contributed by atoms with van der Waals surface area (Å²) in [6.45, 7) is 2.59. The van der Waals surface area contributed by atoms with Gasteiger partial charge in [-0.1, -0.05) is 60.7 Å². The lowest BCUT2D eigenvalue weighted by Crippen LogP contribution is -2.28. The summed E-state index contributed by atoms with van der Waals surface area (Å²) in [5.41, 5.74) is 4.09. The van der Waals surface area contributed by atoms with Crippen molar-refractivity contribution in [3.05, 3.63) is 111 Å². The summed E-state index contributed by atoms with van der Waals surface area (Å²) in [4.78, 5) is 12.7. The molecule has 1 atom stereocenters. The number of nitro benzene ring substituents is 1. The molecule has 3 aromatic carbocycles. The third-order valence-electron chi connectivity index (χ3n) is 5.22. The highest BCUT2D eigenvalue weighted by Crippen LogP contribution is 2.29. The first kappa shape index (κ1) is 20.4. The van der Waals surface area contributed by atoms with Gasteiger partial charge < -0.3 is 0 Å². The Bertz CT molecular complexity index is 1170. The molecule has 8 nitrogen and oxygen atoms in total. The van der Waals surface area contributed by atoms with Gasteiger partial charge in [0.1, 0.15) is 0 Å². The van der Waals surface area contributed by atoms with E-state index >= 15 is 0 Å². The Labute approximate surface area is 179 Å². The number of rotatable bonds is 7. The highest BCUT2D eigenvalue weighted by atomic mass is 16.6. The number of hydrogen-bond acceptors (Lipinski definition) is 6. The Hall–Kier alpha value is -3.91. The van der Waals surface area contributed by atoms with Gasteiger partial charge in [0.05, 0.1) is 16.7 Å². The van der Waals surface area contributed by atoms with Crippen LogP contribution < -0.4 is 0 Å². The van der Waals surface area contributed by atoms with E-state index in [1.165, 1.54) is 12.1 Å². The first-order chi connectivity index (χ1) is 15.0. The fourth-order valence-corrected chi connectivity index (χ4v) is 3.68. The molecule has 0 aliphatic carbocycles. The maximum atomic E-state index is 11.0. The van der Waals surface area contributed by atoms with Crippen molar-refractivity contribution in [2.45, 2.75) is 19.5 Å². The predicted octanol–water partition coefficient (Wildman–Crippen LogP) is 4.10. The smallest absolute Gasteiger partial charge is 0.269 e. The van der Waals surface area contributed by atoms with Gasteiger partial charge in [0.25, 0.3) is 5.69 Å². The number of nitrogens with zero attached hydrogens (tertiary/aromatic N) is 6. The molecule has 0 amide bonds. The molecule has 0 aliphatic rings. The van der Waals surface area contributed by atoms with Gasteiger partial charge in [0, 0.05) is 18.7 Å². The lowest BCUT2D eigenvalue weighted by molar-refractivity contribution is -0.384. The van der Waals surface area contributed by atoms with Crippen LogP contribution in [-0.4, -0.2) is 37.1 Å². The standard InChI is InChI=1S/C23H22N6O2/c1-17-8-6-7-11-21(17)28-23(24-25-26-28)22(19-9-4-3-5-10-19)27(2)16-18-12-14-20(15-13-18)29(30)31/h3-15,22H,16H2,1-2H3/t22-/m1/s1.